The van der Waals surface area contributed by atoms with Crippen LogP contribution >= 0.6 is 15.9 Å². The van der Waals surface area contributed by atoms with Crippen molar-refractivity contribution in [2.75, 3.05) is 25.1 Å². The van der Waals surface area contributed by atoms with Gasteiger partial charge in [0.1, 0.15) is 0 Å². The van der Waals surface area contributed by atoms with E-state index in [0.717, 1.165) is 17.4 Å². The number of hydrogen-bond acceptors (Lipinski definition) is 3. The number of likely N-dealkylation sites (N-methyl/N-ethyl adjacent to an activating group) is 1. The molecule has 0 N–H and O–H groups in total. The van der Waals surface area contributed by atoms with Crippen molar-refractivity contribution in [3.8, 4) is 0 Å². The van der Waals surface area contributed by atoms with Gasteiger partial charge in [0.25, 0.3) is 0 Å². The maximum absolute atomic E-state index is 11.5. The van der Waals surface area contributed by atoms with Crippen molar-refractivity contribution in [1.29, 1.82) is 0 Å². The number of sulfone groups is 1. The molecule has 2 rings (SSSR count). The zero-order chi connectivity index (χ0) is 14.0. The van der Waals surface area contributed by atoms with Crippen LogP contribution in [0.1, 0.15) is 24.8 Å². The molecule has 5 heteroatoms. The van der Waals surface area contributed by atoms with Crippen molar-refractivity contribution < 1.29 is 8.42 Å². The molecule has 0 aromatic heterocycles. The summed E-state index contributed by atoms with van der Waals surface area (Å²) >= 11 is 3.48. The molecule has 1 saturated heterocycles. The molecule has 1 aliphatic rings. The normalized spacial score (nSPS) is 23.7. The largest absolute Gasteiger partial charge is 0.302 e. The number of halogens is 1. The minimum atomic E-state index is -2.80. The van der Waals surface area contributed by atoms with E-state index in [1.54, 1.807) is 0 Å². The standard InChI is InChI=1S/C14H20BrNO2S/c1-11(12-4-3-5-13(15)8-12)9-16(2)14-6-7-19(17,18)10-14/h3-5,8,11,14H,6-7,9-10H2,1-2H3/t11-,14-/m0/s1. The first-order valence-electron chi connectivity index (χ1n) is 6.53. The van der Waals surface area contributed by atoms with Crippen LogP contribution in [0.4, 0.5) is 0 Å². The van der Waals surface area contributed by atoms with Gasteiger partial charge in [0, 0.05) is 17.1 Å². The van der Waals surface area contributed by atoms with Crippen LogP contribution in [0, 0.1) is 0 Å². The van der Waals surface area contributed by atoms with Gasteiger partial charge in [-0.1, -0.05) is 35.0 Å². The van der Waals surface area contributed by atoms with Crippen LogP contribution in [-0.2, 0) is 9.84 Å². The lowest BCUT2D eigenvalue weighted by atomic mass is 10.0. The molecule has 2 atom stereocenters. The highest BCUT2D eigenvalue weighted by molar-refractivity contribution is 9.10. The first kappa shape index (κ1) is 15.0. The second kappa shape index (κ2) is 5.94. The molecule has 1 fully saturated rings. The monoisotopic (exact) mass is 345 g/mol. The van der Waals surface area contributed by atoms with Gasteiger partial charge in [-0.25, -0.2) is 8.42 Å². The third-order valence-electron chi connectivity index (χ3n) is 3.81. The SMILES string of the molecule is C[C@@H](CN(C)[C@H]1CCS(=O)(=O)C1)c1cccc(Br)c1. The minimum Gasteiger partial charge on any atom is -0.302 e. The highest BCUT2D eigenvalue weighted by Gasteiger charge is 2.31. The molecular weight excluding hydrogens is 326 g/mol. The van der Waals surface area contributed by atoms with E-state index in [-0.39, 0.29) is 6.04 Å². The lowest BCUT2D eigenvalue weighted by molar-refractivity contribution is 0.250. The van der Waals surface area contributed by atoms with E-state index in [9.17, 15) is 8.42 Å². The van der Waals surface area contributed by atoms with Crippen molar-refractivity contribution in [3.63, 3.8) is 0 Å². The molecule has 19 heavy (non-hydrogen) atoms. The molecule has 0 aliphatic carbocycles. The van der Waals surface area contributed by atoms with Gasteiger partial charge >= 0.3 is 0 Å². The summed E-state index contributed by atoms with van der Waals surface area (Å²) < 4.78 is 24.1. The Hall–Kier alpha value is -0.390. The van der Waals surface area contributed by atoms with Crippen molar-refractivity contribution in [3.05, 3.63) is 34.3 Å². The van der Waals surface area contributed by atoms with Crippen LogP contribution < -0.4 is 0 Å². The minimum absolute atomic E-state index is 0.180. The summed E-state index contributed by atoms with van der Waals surface area (Å²) in [7, 11) is -0.769. The smallest absolute Gasteiger partial charge is 0.151 e. The van der Waals surface area contributed by atoms with Gasteiger partial charge < -0.3 is 4.90 Å². The number of nitrogens with zero attached hydrogens (tertiary/aromatic N) is 1. The summed E-state index contributed by atoms with van der Waals surface area (Å²) in [4.78, 5) is 2.19. The Kier molecular flexibility index (Phi) is 4.69. The first-order chi connectivity index (χ1) is 8.87. The molecule has 0 saturated carbocycles. The molecule has 0 radical (unpaired) electrons. The van der Waals surface area contributed by atoms with Gasteiger partial charge in [0.2, 0.25) is 0 Å². The summed E-state index contributed by atoms with van der Waals surface area (Å²) in [6, 6.07) is 8.48. The second-order valence-corrected chi connectivity index (χ2v) is 8.60. The van der Waals surface area contributed by atoms with E-state index < -0.39 is 9.84 Å². The van der Waals surface area contributed by atoms with E-state index in [4.69, 9.17) is 0 Å². The maximum atomic E-state index is 11.5. The molecule has 1 aromatic carbocycles. The van der Waals surface area contributed by atoms with Crippen LogP contribution in [0.25, 0.3) is 0 Å². The summed E-state index contributed by atoms with van der Waals surface area (Å²) in [5, 5.41) is 0. The second-order valence-electron chi connectivity index (χ2n) is 5.45. The van der Waals surface area contributed by atoms with Gasteiger partial charge in [0.05, 0.1) is 11.5 Å². The van der Waals surface area contributed by atoms with E-state index in [1.807, 2.05) is 19.2 Å². The molecule has 106 valence electrons. The van der Waals surface area contributed by atoms with Gasteiger partial charge in [-0.3, -0.25) is 0 Å². The van der Waals surface area contributed by atoms with E-state index >= 15 is 0 Å². The predicted molar refractivity (Wildman–Crippen MR) is 82.2 cm³/mol. The van der Waals surface area contributed by atoms with Crippen LogP contribution in [-0.4, -0.2) is 44.5 Å². The van der Waals surface area contributed by atoms with E-state index in [2.05, 4.69) is 39.9 Å². The Morgan fingerprint density at radius 3 is 2.79 bits per heavy atom. The Bertz CT molecular complexity index is 544. The van der Waals surface area contributed by atoms with Crippen LogP contribution in [0.2, 0.25) is 0 Å². The van der Waals surface area contributed by atoms with Crippen molar-refractivity contribution in [2.24, 2.45) is 0 Å². The average molecular weight is 346 g/mol. The zero-order valence-corrected chi connectivity index (χ0v) is 13.7. The quantitative estimate of drug-likeness (QED) is 0.841. The first-order valence-corrected chi connectivity index (χ1v) is 9.15. The molecular formula is C14H20BrNO2S. The highest BCUT2D eigenvalue weighted by atomic mass is 79.9. The predicted octanol–water partition coefficient (Wildman–Crippen LogP) is 2.67. The van der Waals surface area contributed by atoms with Crippen molar-refractivity contribution in [1.82, 2.24) is 4.90 Å². The summed E-state index contributed by atoms with van der Waals surface area (Å²) in [5.74, 6) is 1.05. The molecule has 0 bridgehead atoms. The van der Waals surface area contributed by atoms with Crippen molar-refractivity contribution in [2.45, 2.75) is 25.3 Å². The fourth-order valence-electron chi connectivity index (χ4n) is 2.62. The summed E-state index contributed by atoms with van der Waals surface area (Å²) in [5.41, 5.74) is 1.28. The van der Waals surface area contributed by atoms with Crippen molar-refractivity contribution >= 4 is 25.8 Å². The molecule has 0 unspecified atom stereocenters. The molecule has 1 heterocycles. The van der Waals surface area contributed by atoms with E-state index in [0.29, 0.717) is 17.4 Å². The van der Waals surface area contributed by atoms with Crippen LogP contribution in [0.3, 0.4) is 0 Å². The Morgan fingerprint density at radius 2 is 2.21 bits per heavy atom. The number of rotatable bonds is 4. The third-order valence-corrected chi connectivity index (χ3v) is 6.05. The Morgan fingerprint density at radius 1 is 1.47 bits per heavy atom. The fourth-order valence-corrected chi connectivity index (χ4v) is 4.84. The molecule has 0 spiro atoms. The lowest BCUT2D eigenvalue weighted by Gasteiger charge is -2.26. The van der Waals surface area contributed by atoms with E-state index in [1.165, 1.54) is 5.56 Å². The van der Waals surface area contributed by atoms with Crippen LogP contribution in [0.15, 0.2) is 28.7 Å². The topological polar surface area (TPSA) is 37.4 Å². The Labute approximate surface area is 124 Å². The van der Waals surface area contributed by atoms with Gasteiger partial charge in [-0.2, -0.15) is 0 Å². The van der Waals surface area contributed by atoms with Gasteiger partial charge in [-0.15, -0.1) is 0 Å². The van der Waals surface area contributed by atoms with Gasteiger partial charge in [0.15, 0.2) is 9.84 Å². The molecule has 0 amide bonds. The Balaban J connectivity index is 1.97. The number of benzene rings is 1. The van der Waals surface area contributed by atoms with Crippen LogP contribution in [0.5, 0.6) is 0 Å². The average Bonchev–Trinajstić information content (AvgIpc) is 2.69. The fraction of sp³-hybridized carbons (Fsp3) is 0.571. The van der Waals surface area contributed by atoms with Gasteiger partial charge in [-0.05, 0) is 37.1 Å². The molecule has 1 aliphatic heterocycles. The zero-order valence-electron chi connectivity index (χ0n) is 11.3. The number of hydrogen-bond donors (Lipinski definition) is 0. The third kappa shape index (κ3) is 4.04. The summed E-state index contributed by atoms with van der Waals surface area (Å²) in [6.07, 6.45) is 0.768. The molecule has 1 aromatic rings. The maximum Gasteiger partial charge on any atom is 0.151 e. The molecule has 3 nitrogen and oxygen atoms in total. The summed E-state index contributed by atoms with van der Waals surface area (Å²) in [6.45, 7) is 3.07. The lowest BCUT2D eigenvalue weighted by Crippen LogP contribution is -2.35. The highest BCUT2D eigenvalue weighted by Crippen LogP contribution is 2.23.